The van der Waals surface area contributed by atoms with E-state index in [2.05, 4.69) is 16.7 Å². The van der Waals surface area contributed by atoms with Crippen molar-refractivity contribution in [2.75, 3.05) is 0 Å². The molecule has 134 valence electrons. The Hall–Kier alpha value is -3.22. The van der Waals surface area contributed by atoms with Gasteiger partial charge in [0.1, 0.15) is 0 Å². The van der Waals surface area contributed by atoms with Crippen LogP contribution in [0.2, 0.25) is 0 Å². The Morgan fingerprint density at radius 2 is 1.96 bits per heavy atom. The number of hydrogen-bond donors (Lipinski definition) is 1. The molecule has 1 aromatic carbocycles. The van der Waals surface area contributed by atoms with Crippen molar-refractivity contribution >= 4 is 11.7 Å². The van der Waals surface area contributed by atoms with Crippen LogP contribution in [-0.2, 0) is 17.8 Å². The molecule has 0 bridgehead atoms. The maximum Gasteiger partial charge on any atom is 0.303 e. The summed E-state index contributed by atoms with van der Waals surface area (Å²) < 4.78 is 3.08. The first-order valence-corrected chi connectivity index (χ1v) is 8.31. The van der Waals surface area contributed by atoms with E-state index in [1.165, 1.54) is 4.52 Å². The molecule has 0 fully saturated rings. The topological polar surface area (TPSA) is 89.5 Å². The highest BCUT2D eigenvalue weighted by Crippen LogP contribution is 2.18. The summed E-state index contributed by atoms with van der Waals surface area (Å²) in [5.74, 6) is -0.0742. The van der Waals surface area contributed by atoms with E-state index in [4.69, 9.17) is 5.11 Å². The molecule has 2 heterocycles. The number of carboxylic acid groups (broad SMARTS) is 1. The third-order valence-corrected chi connectivity index (χ3v) is 4.33. The summed E-state index contributed by atoms with van der Waals surface area (Å²) in [6.07, 6.45) is 1.74. The van der Waals surface area contributed by atoms with Gasteiger partial charge in [-0.05, 0) is 20.3 Å². The predicted molar refractivity (Wildman–Crippen MR) is 98.3 cm³/mol. The number of aliphatic carboxylic acids is 1. The Balaban J connectivity index is 2.22. The van der Waals surface area contributed by atoms with Crippen molar-refractivity contribution < 1.29 is 9.90 Å². The SMILES string of the molecule is C=CCn1c(C)c(CCC(=O)O)c(=O)n2nc(-c3ccc(C)cc3)nc12. The summed E-state index contributed by atoms with van der Waals surface area (Å²) in [6, 6.07) is 7.73. The lowest BCUT2D eigenvalue weighted by Gasteiger charge is -2.13. The molecule has 0 aliphatic carbocycles. The van der Waals surface area contributed by atoms with E-state index in [0.29, 0.717) is 29.4 Å². The molecule has 0 aliphatic heterocycles. The molecular formula is C19H20N4O3. The van der Waals surface area contributed by atoms with Gasteiger partial charge in [-0.1, -0.05) is 35.9 Å². The van der Waals surface area contributed by atoms with Gasteiger partial charge in [0.05, 0.1) is 0 Å². The number of carbonyl (C=O) groups is 1. The van der Waals surface area contributed by atoms with Gasteiger partial charge < -0.3 is 9.67 Å². The number of nitrogens with zero attached hydrogens (tertiary/aromatic N) is 4. The lowest BCUT2D eigenvalue weighted by atomic mass is 10.1. The highest BCUT2D eigenvalue weighted by Gasteiger charge is 2.18. The van der Waals surface area contributed by atoms with Crippen LogP contribution in [0.4, 0.5) is 0 Å². The third-order valence-electron chi connectivity index (χ3n) is 4.33. The second kappa shape index (κ2) is 6.95. The predicted octanol–water partition coefficient (Wildman–Crippen LogP) is 2.38. The largest absolute Gasteiger partial charge is 0.481 e. The Labute approximate surface area is 150 Å². The number of aryl methyl sites for hydroxylation is 1. The normalized spacial score (nSPS) is 11.0. The summed E-state index contributed by atoms with van der Waals surface area (Å²) in [7, 11) is 0. The summed E-state index contributed by atoms with van der Waals surface area (Å²) in [5.41, 5.74) is 2.72. The van der Waals surface area contributed by atoms with Crippen LogP contribution in [0.5, 0.6) is 0 Å². The minimum atomic E-state index is -0.946. The standard InChI is InChI=1S/C19H20N4O3/c1-4-11-22-13(3)15(9-10-16(24)25)18(26)23-19(22)20-17(21-23)14-7-5-12(2)6-8-14/h4-8H,1,9-11H2,2-3H3,(H,24,25). The molecule has 1 N–H and O–H groups in total. The van der Waals surface area contributed by atoms with E-state index in [1.807, 2.05) is 35.8 Å². The lowest BCUT2D eigenvalue weighted by molar-refractivity contribution is -0.136. The molecule has 7 nitrogen and oxygen atoms in total. The van der Waals surface area contributed by atoms with Gasteiger partial charge in [0.15, 0.2) is 5.82 Å². The van der Waals surface area contributed by atoms with Crippen LogP contribution in [0.3, 0.4) is 0 Å². The number of benzene rings is 1. The Morgan fingerprint density at radius 1 is 1.27 bits per heavy atom. The van der Waals surface area contributed by atoms with E-state index < -0.39 is 5.97 Å². The molecule has 0 amide bonds. The van der Waals surface area contributed by atoms with Gasteiger partial charge in [0.25, 0.3) is 5.56 Å². The highest BCUT2D eigenvalue weighted by molar-refractivity contribution is 5.67. The average molecular weight is 352 g/mol. The molecule has 2 aromatic heterocycles. The van der Waals surface area contributed by atoms with Gasteiger partial charge in [-0.3, -0.25) is 9.59 Å². The quantitative estimate of drug-likeness (QED) is 0.688. The second-order valence-corrected chi connectivity index (χ2v) is 6.18. The molecule has 0 atom stereocenters. The first kappa shape index (κ1) is 17.6. The van der Waals surface area contributed by atoms with Crippen LogP contribution in [-0.4, -0.2) is 30.2 Å². The van der Waals surface area contributed by atoms with Crippen LogP contribution < -0.4 is 5.56 Å². The van der Waals surface area contributed by atoms with Gasteiger partial charge in [-0.15, -0.1) is 11.7 Å². The third kappa shape index (κ3) is 3.15. The lowest BCUT2D eigenvalue weighted by Crippen LogP contribution is -2.26. The summed E-state index contributed by atoms with van der Waals surface area (Å²) in [5, 5.41) is 13.3. The number of fused-ring (bicyclic) bond motifs is 1. The number of aromatic nitrogens is 4. The zero-order chi connectivity index (χ0) is 18.8. The summed E-state index contributed by atoms with van der Waals surface area (Å²) >= 11 is 0. The van der Waals surface area contributed by atoms with E-state index >= 15 is 0 Å². The first-order chi connectivity index (χ1) is 12.4. The number of hydrogen-bond acceptors (Lipinski definition) is 4. The fraction of sp³-hybridized carbons (Fsp3) is 0.263. The Kier molecular flexibility index (Phi) is 4.71. The van der Waals surface area contributed by atoms with Crippen LogP contribution >= 0.6 is 0 Å². The molecule has 0 spiro atoms. The van der Waals surface area contributed by atoms with Crippen molar-refractivity contribution in [3.05, 3.63) is 64.1 Å². The van der Waals surface area contributed by atoms with Crippen molar-refractivity contribution in [3.63, 3.8) is 0 Å². The molecule has 0 unspecified atom stereocenters. The second-order valence-electron chi connectivity index (χ2n) is 6.18. The van der Waals surface area contributed by atoms with Crippen LogP contribution in [0.25, 0.3) is 17.2 Å². The minimum Gasteiger partial charge on any atom is -0.481 e. The van der Waals surface area contributed by atoms with Crippen molar-refractivity contribution in [1.29, 1.82) is 0 Å². The van der Waals surface area contributed by atoms with E-state index in [-0.39, 0.29) is 18.4 Å². The molecule has 0 aliphatic rings. The number of rotatable bonds is 6. The van der Waals surface area contributed by atoms with Crippen LogP contribution in [0.1, 0.15) is 23.2 Å². The van der Waals surface area contributed by atoms with E-state index in [9.17, 15) is 9.59 Å². The molecule has 0 radical (unpaired) electrons. The van der Waals surface area contributed by atoms with Crippen molar-refractivity contribution in [1.82, 2.24) is 19.2 Å². The highest BCUT2D eigenvalue weighted by atomic mass is 16.4. The Morgan fingerprint density at radius 3 is 2.58 bits per heavy atom. The van der Waals surface area contributed by atoms with E-state index in [0.717, 1.165) is 11.1 Å². The van der Waals surface area contributed by atoms with Crippen molar-refractivity contribution in [2.24, 2.45) is 0 Å². The molecule has 3 rings (SSSR count). The van der Waals surface area contributed by atoms with Gasteiger partial charge in [-0.25, -0.2) is 0 Å². The fourth-order valence-electron chi connectivity index (χ4n) is 2.90. The molecule has 0 saturated carbocycles. The zero-order valence-corrected chi connectivity index (χ0v) is 14.8. The maximum absolute atomic E-state index is 12.8. The monoisotopic (exact) mass is 352 g/mol. The molecular weight excluding hydrogens is 332 g/mol. The van der Waals surface area contributed by atoms with Gasteiger partial charge in [0, 0.05) is 29.8 Å². The van der Waals surface area contributed by atoms with E-state index in [1.54, 1.807) is 13.0 Å². The minimum absolute atomic E-state index is 0.116. The van der Waals surface area contributed by atoms with Crippen molar-refractivity contribution in [2.45, 2.75) is 33.2 Å². The Bertz CT molecular complexity index is 1050. The molecule has 3 aromatic rings. The van der Waals surface area contributed by atoms with Gasteiger partial charge in [-0.2, -0.15) is 9.50 Å². The van der Waals surface area contributed by atoms with Gasteiger partial charge in [0.2, 0.25) is 5.78 Å². The molecule has 0 saturated heterocycles. The fourth-order valence-corrected chi connectivity index (χ4v) is 2.90. The number of carboxylic acids is 1. The number of allylic oxidation sites excluding steroid dienone is 1. The average Bonchev–Trinajstić information content (AvgIpc) is 3.04. The summed E-state index contributed by atoms with van der Waals surface area (Å²) in [6.45, 7) is 7.99. The first-order valence-electron chi connectivity index (χ1n) is 8.31. The molecule has 26 heavy (non-hydrogen) atoms. The smallest absolute Gasteiger partial charge is 0.303 e. The van der Waals surface area contributed by atoms with Gasteiger partial charge >= 0.3 is 5.97 Å². The summed E-state index contributed by atoms with van der Waals surface area (Å²) in [4.78, 5) is 28.3. The van der Waals surface area contributed by atoms with Crippen LogP contribution in [0.15, 0.2) is 41.7 Å². The molecule has 7 heteroatoms. The van der Waals surface area contributed by atoms with Crippen LogP contribution in [0, 0.1) is 13.8 Å². The van der Waals surface area contributed by atoms with Crippen molar-refractivity contribution in [3.8, 4) is 11.4 Å². The maximum atomic E-state index is 12.8. The zero-order valence-electron chi connectivity index (χ0n) is 14.8.